The zero-order valence-electron chi connectivity index (χ0n) is 14.0. The zero-order valence-corrected chi connectivity index (χ0v) is 14.0. The smallest absolute Gasteiger partial charge is 0.255 e. The number of amides is 2. The third kappa shape index (κ3) is 2.58. The van der Waals surface area contributed by atoms with Crippen LogP contribution < -0.4 is 0 Å². The van der Waals surface area contributed by atoms with Crippen molar-refractivity contribution in [2.75, 3.05) is 19.6 Å². The van der Waals surface area contributed by atoms with Gasteiger partial charge in [-0.3, -0.25) is 9.59 Å². The minimum Gasteiger partial charge on any atom is -0.339 e. The lowest BCUT2D eigenvalue weighted by atomic mass is 9.77. The molecular formula is C18H24N4O2. The van der Waals surface area contributed by atoms with Gasteiger partial charge in [0.25, 0.3) is 5.91 Å². The van der Waals surface area contributed by atoms with Crippen LogP contribution in [0.5, 0.6) is 0 Å². The number of aromatic nitrogens is 2. The van der Waals surface area contributed by atoms with Gasteiger partial charge >= 0.3 is 0 Å². The summed E-state index contributed by atoms with van der Waals surface area (Å²) in [6.45, 7) is 2.11. The van der Waals surface area contributed by atoms with Crippen LogP contribution in [0.1, 0.15) is 55.3 Å². The van der Waals surface area contributed by atoms with Gasteiger partial charge in [-0.2, -0.15) is 10.2 Å². The molecule has 1 atom stereocenters. The van der Waals surface area contributed by atoms with Crippen LogP contribution in [-0.2, 0) is 4.79 Å². The average molecular weight is 328 g/mol. The monoisotopic (exact) mass is 328 g/mol. The van der Waals surface area contributed by atoms with E-state index in [2.05, 4.69) is 15.1 Å². The van der Waals surface area contributed by atoms with E-state index in [4.69, 9.17) is 0 Å². The second kappa shape index (κ2) is 6.15. The van der Waals surface area contributed by atoms with Crippen molar-refractivity contribution in [3.05, 3.63) is 24.0 Å². The summed E-state index contributed by atoms with van der Waals surface area (Å²) >= 11 is 0. The van der Waals surface area contributed by atoms with E-state index >= 15 is 0 Å². The first-order valence-electron chi connectivity index (χ1n) is 9.07. The number of carbonyl (C=O) groups is 2. The minimum atomic E-state index is -0.350. The molecule has 128 valence electrons. The van der Waals surface area contributed by atoms with E-state index in [0.29, 0.717) is 30.6 Å². The molecule has 0 aromatic carbocycles. The third-order valence-corrected chi connectivity index (χ3v) is 6.01. The number of nitrogens with zero attached hydrogens (tertiary/aromatic N) is 4. The Morgan fingerprint density at radius 3 is 2.71 bits per heavy atom. The Labute approximate surface area is 142 Å². The highest BCUT2D eigenvalue weighted by Gasteiger charge is 2.50. The molecule has 1 aliphatic carbocycles. The van der Waals surface area contributed by atoms with E-state index < -0.39 is 0 Å². The van der Waals surface area contributed by atoms with Crippen LogP contribution in [0.15, 0.2) is 18.5 Å². The number of carbonyl (C=O) groups excluding carboxylic acids is 2. The normalized spacial score (nSPS) is 28.1. The fraction of sp³-hybridized carbons (Fsp3) is 0.667. The van der Waals surface area contributed by atoms with Gasteiger partial charge in [-0.1, -0.05) is 12.8 Å². The van der Waals surface area contributed by atoms with E-state index in [1.54, 1.807) is 6.07 Å². The maximum Gasteiger partial charge on any atom is 0.255 e. The molecule has 2 aliphatic heterocycles. The highest BCUT2D eigenvalue weighted by atomic mass is 16.2. The van der Waals surface area contributed by atoms with Gasteiger partial charge in [0, 0.05) is 25.7 Å². The molecule has 1 spiro atoms. The maximum absolute atomic E-state index is 13.2. The highest BCUT2D eigenvalue weighted by Crippen LogP contribution is 2.42. The summed E-state index contributed by atoms with van der Waals surface area (Å²) in [5.74, 6) is 0.261. The van der Waals surface area contributed by atoms with Crippen molar-refractivity contribution in [3.63, 3.8) is 0 Å². The highest BCUT2D eigenvalue weighted by molar-refractivity contribution is 5.95. The van der Waals surface area contributed by atoms with E-state index in [1.165, 1.54) is 25.2 Å². The Morgan fingerprint density at radius 1 is 1.12 bits per heavy atom. The standard InChI is InChI=1S/C18H24N4O2/c23-16(14-6-9-19-20-12-14)21-11-8-18(13-21)7-3-10-22(17(18)24)15-4-1-2-5-15/h6,9,12,15H,1-5,7-8,10-11,13H2/t18-/m1/s1. The van der Waals surface area contributed by atoms with Crippen LogP contribution in [-0.4, -0.2) is 57.5 Å². The van der Waals surface area contributed by atoms with Crippen LogP contribution in [0.25, 0.3) is 0 Å². The van der Waals surface area contributed by atoms with Crippen molar-refractivity contribution in [1.29, 1.82) is 0 Å². The Balaban J connectivity index is 1.50. The van der Waals surface area contributed by atoms with E-state index in [-0.39, 0.29) is 11.3 Å². The fourth-order valence-electron chi connectivity index (χ4n) is 4.69. The van der Waals surface area contributed by atoms with Crippen molar-refractivity contribution in [2.45, 2.75) is 51.0 Å². The second-order valence-corrected chi connectivity index (χ2v) is 7.43. The maximum atomic E-state index is 13.2. The summed E-state index contributed by atoms with van der Waals surface area (Å²) in [5.41, 5.74) is 0.203. The quantitative estimate of drug-likeness (QED) is 0.831. The van der Waals surface area contributed by atoms with Gasteiger partial charge in [0.2, 0.25) is 5.91 Å². The van der Waals surface area contributed by atoms with Crippen LogP contribution in [0, 0.1) is 5.41 Å². The van der Waals surface area contributed by atoms with E-state index in [1.807, 2.05) is 4.90 Å². The van der Waals surface area contributed by atoms with E-state index in [0.717, 1.165) is 38.6 Å². The SMILES string of the molecule is O=C(c1ccnnc1)N1CC[C@]2(CCCN(C3CCCC3)C2=O)C1. The molecule has 1 aromatic heterocycles. The Hall–Kier alpha value is -1.98. The van der Waals surface area contributed by atoms with Crippen molar-refractivity contribution >= 4 is 11.8 Å². The molecule has 2 saturated heterocycles. The Morgan fingerprint density at radius 2 is 1.96 bits per heavy atom. The molecule has 1 aromatic rings. The summed E-state index contributed by atoms with van der Waals surface area (Å²) in [6.07, 6.45) is 10.6. The fourth-order valence-corrected chi connectivity index (χ4v) is 4.69. The summed E-state index contributed by atoms with van der Waals surface area (Å²) in [4.78, 5) is 29.8. The lowest BCUT2D eigenvalue weighted by molar-refractivity contribution is -0.148. The van der Waals surface area contributed by atoms with Crippen LogP contribution in [0.4, 0.5) is 0 Å². The summed E-state index contributed by atoms with van der Waals surface area (Å²) in [5, 5.41) is 7.51. The predicted molar refractivity (Wildman–Crippen MR) is 88.2 cm³/mol. The average Bonchev–Trinajstić information content (AvgIpc) is 3.29. The first-order chi connectivity index (χ1) is 11.7. The first kappa shape index (κ1) is 15.5. The predicted octanol–water partition coefficient (Wildman–Crippen LogP) is 1.87. The van der Waals surface area contributed by atoms with Crippen molar-refractivity contribution in [3.8, 4) is 0 Å². The summed E-state index contributed by atoms with van der Waals surface area (Å²) < 4.78 is 0. The van der Waals surface area contributed by atoms with Gasteiger partial charge in [-0.15, -0.1) is 0 Å². The van der Waals surface area contributed by atoms with Gasteiger partial charge in [0.1, 0.15) is 0 Å². The zero-order chi connectivity index (χ0) is 16.6. The molecule has 0 unspecified atom stereocenters. The van der Waals surface area contributed by atoms with Crippen molar-refractivity contribution in [1.82, 2.24) is 20.0 Å². The second-order valence-electron chi connectivity index (χ2n) is 7.43. The molecule has 3 heterocycles. The van der Waals surface area contributed by atoms with Crippen molar-refractivity contribution < 1.29 is 9.59 Å². The molecule has 3 aliphatic rings. The minimum absolute atomic E-state index is 0.0347. The number of rotatable bonds is 2. The molecule has 1 saturated carbocycles. The summed E-state index contributed by atoms with van der Waals surface area (Å²) in [7, 11) is 0. The molecule has 6 heteroatoms. The topological polar surface area (TPSA) is 66.4 Å². The Bertz CT molecular complexity index is 629. The van der Waals surface area contributed by atoms with Gasteiger partial charge in [-0.25, -0.2) is 0 Å². The van der Waals surface area contributed by atoms with Crippen LogP contribution >= 0.6 is 0 Å². The van der Waals surface area contributed by atoms with Gasteiger partial charge in [-0.05, 0) is 38.2 Å². The number of likely N-dealkylation sites (tertiary alicyclic amines) is 2. The Kier molecular flexibility index (Phi) is 3.98. The molecule has 0 radical (unpaired) electrons. The molecule has 2 amide bonds. The lowest BCUT2D eigenvalue weighted by Crippen LogP contribution is -2.53. The summed E-state index contributed by atoms with van der Waals surface area (Å²) in [6, 6.07) is 2.12. The molecule has 3 fully saturated rings. The number of hydrogen-bond donors (Lipinski definition) is 0. The molecule has 0 bridgehead atoms. The number of hydrogen-bond acceptors (Lipinski definition) is 4. The third-order valence-electron chi connectivity index (χ3n) is 6.01. The molecule has 24 heavy (non-hydrogen) atoms. The van der Waals surface area contributed by atoms with Crippen LogP contribution in [0.3, 0.4) is 0 Å². The molecule has 4 rings (SSSR count). The van der Waals surface area contributed by atoms with Gasteiger partial charge in [0.15, 0.2) is 0 Å². The lowest BCUT2D eigenvalue weighted by Gasteiger charge is -2.42. The van der Waals surface area contributed by atoms with Gasteiger partial charge in [0.05, 0.1) is 23.4 Å². The van der Waals surface area contributed by atoms with Crippen LogP contribution in [0.2, 0.25) is 0 Å². The molecule has 0 N–H and O–H groups in total. The molecule has 6 nitrogen and oxygen atoms in total. The first-order valence-corrected chi connectivity index (χ1v) is 9.07. The van der Waals surface area contributed by atoms with Gasteiger partial charge < -0.3 is 9.80 Å². The van der Waals surface area contributed by atoms with E-state index in [9.17, 15) is 9.59 Å². The molecular weight excluding hydrogens is 304 g/mol. The van der Waals surface area contributed by atoms with Crippen molar-refractivity contribution in [2.24, 2.45) is 5.41 Å². The number of piperidine rings is 1. The largest absolute Gasteiger partial charge is 0.339 e.